The van der Waals surface area contributed by atoms with E-state index in [0.717, 1.165) is 0 Å². The monoisotopic (exact) mass is 460 g/mol. The van der Waals surface area contributed by atoms with Crippen LogP contribution in [0.25, 0.3) is 33.1 Å². The minimum absolute atomic E-state index is 0.177. The zero-order valence-electron chi connectivity index (χ0n) is 17.3. The molecule has 33 heavy (non-hydrogen) atoms. The van der Waals surface area contributed by atoms with E-state index < -0.39 is 17.2 Å². The van der Waals surface area contributed by atoms with Crippen LogP contribution in [-0.2, 0) is 0 Å². The van der Waals surface area contributed by atoms with E-state index in [9.17, 15) is 14.4 Å². The molecule has 164 valence electrons. The van der Waals surface area contributed by atoms with Crippen LogP contribution < -0.4 is 20.7 Å². The number of hydrogen-bond donors (Lipinski definition) is 0. The van der Waals surface area contributed by atoms with Crippen LogP contribution in [0.3, 0.4) is 0 Å². The maximum Gasteiger partial charge on any atom is 0.353 e. The van der Waals surface area contributed by atoms with E-state index in [-0.39, 0.29) is 16.9 Å². The van der Waals surface area contributed by atoms with E-state index in [1.165, 1.54) is 23.5 Å². The number of carbonyl (C=O) groups is 1. The summed E-state index contributed by atoms with van der Waals surface area (Å²) >= 11 is 1.26. The summed E-state index contributed by atoms with van der Waals surface area (Å²) in [6.45, 7) is 2.26. The SMILES string of the molecule is CCOc1cccc2cc(-c3cc(=O)oc4cc(OC(=O)c5cccs5)ccc34)c(=O)oc12. The Kier molecular flexibility index (Phi) is 5.27. The molecule has 3 aromatic heterocycles. The van der Waals surface area contributed by atoms with Crippen LogP contribution in [0, 0.1) is 0 Å². The highest BCUT2D eigenvalue weighted by Crippen LogP contribution is 2.32. The van der Waals surface area contributed by atoms with Crippen LogP contribution >= 0.6 is 11.3 Å². The Bertz CT molecular complexity index is 1610. The standard InChI is InChI=1S/C25H16O7S/c1-2-29-19-6-3-5-14-11-18(24(27)32-23(14)19)17-13-22(26)31-20-12-15(8-9-16(17)20)30-25(28)21-7-4-10-33-21/h3-13H,2H2,1H3. The van der Waals surface area contributed by atoms with Gasteiger partial charge in [0, 0.05) is 28.5 Å². The van der Waals surface area contributed by atoms with Crippen molar-refractivity contribution in [3.63, 3.8) is 0 Å². The predicted octanol–water partition coefficient (Wildman–Crippen LogP) is 5.25. The summed E-state index contributed by atoms with van der Waals surface area (Å²) in [5, 5.41) is 2.92. The number of ether oxygens (including phenoxy) is 2. The smallest absolute Gasteiger partial charge is 0.353 e. The van der Waals surface area contributed by atoms with Gasteiger partial charge in [0.1, 0.15) is 16.2 Å². The first kappa shape index (κ1) is 20.7. The lowest BCUT2D eigenvalue weighted by Crippen LogP contribution is -2.08. The van der Waals surface area contributed by atoms with Gasteiger partial charge in [-0.15, -0.1) is 11.3 Å². The van der Waals surface area contributed by atoms with Gasteiger partial charge in [-0.05, 0) is 42.6 Å². The van der Waals surface area contributed by atoms with Gasteiger partial charge in [-0.25, -0.2) is 14.4 Å². The molecular weight excluding hydrogens is 444 g/mol. The molecule has 0 saturated heterocycles. The third kappa shape index (κ3) is 3.92. The maximum absolute atomic E-state index is 12.9. The Morgan fingerprint density at radius 3 is 2.64 bits per heavy atom. The van der Waals surface area contributed by atoms with E-state index in [4.69, 9.17) is 18.3 Å². The van der Waals surface area contributed by atoms with E-state index in [1.54, 1.807) is 53.9 Å². The molecule has 2 aromatic carbocycles. The quantitative estimate of drug-likeness (QED) is 0.201. The lowest BCUT2D eigenvalue weighted by Gasteiger charge is -2.09. The van der Waals surface area contributed by atoms with Gasteiger partial charge < -0.3 is 18.3 Å². The second-order valence-corrected chi connectivity index (χ2v) is 8.01. The van der Waals surface area contributed by atoms with Gasteiger partial charge in [0.25, 0.3) is 0 Å². The molecule has 0 aliphatic carbocycles. The summed E-state index contributed by atoms with van der Waals surface area (Å²) in [7, 11) is 0. The minimum atomic E-state index is -0.651. The topological polar surface area (TPSA) is 96.0 Å². The first-order valence-electron chi connectivity index (χ1n) is 10.1. The number of rotatable bonds is 5. The third-order valence-electron chi connectivity index (χ3n) is 4.96. The van der Waals surface area contributed by atoms with Gasteiger partial charge in [0.05, 0.1) is 12.2 Å². The molecule has 0 unspecified atom stereocenters. The third-order valence-corrected chi connectivity index (χ3v) is 5.81. The molecule has 3 heterocycles. The fourth-order valence-electron chi connectivity index (χ4n) is 3.56. The Hall–Kier alpha value is -4.17. The Labute approximate surface area is 190 Å². The summed E-state index contributed by atoms with van der Waals surface area (Å²) < 4.78 is 21.8. The highest BCUT2D eigenvalue weighted by Gasteiger charge is 2.17. The molecular formula is C25H16O7S. The van der Waals surface area contributed by atoms with E-state index in [1.807, 2.05) is 6.92 Å². The molecule has 0 atom stereocenters. The number of benzene rings is 2. The Balaban J connectivity index is 1.62. The average molecular weight is 460 g/mol. The van der Waals surface area contributed by atoms with Crippen LogP contribution in [0.5, 0.6) is 11.5 Å². The van der Waals surface area contributed by atoms with Crippen molar-refractivity contribution in [3.05, 3.63) is 91.8 Å². The molecule has 0 radical (unpaired) electrons. The van der Waals surface area contributed by atoms with Gasteiger partial charge in [0.2, 0.25) is 0 Å². The summed E-state index contributed by atoms with van der Waals surface area (Å²) in [5.41, 5.74) is -0.191. The van der Waals surface area contributed by atoms with Crippen molar-refractivity contribution in [1.82, 2.24) is 0 Å². The molecule has 5 rings (SSSR count). The van der Waals surface area contributed by atoms with E-state index in [0.29, 0.717) is 39.2 Å². The highest BCUT2D eigenvalue weighted by atomic mass is 32.1. The zero-order valence-corrected chi connectivity index (χ0v) is 18.1. The summed E-state index contributed by atoms with van der Waals surface area (Å²) in [5.74, 6) is 0.171. The lowest BCUT2D eigenvalue weighted by molar-refractivity contribution is 0.0740. The predicted molar refractivity (Wildman–Crippen MR) is 124 cm³/mol. The molecule has 0 spiro atoms. The van der Waals surface area contributed by atoms with Crippen molar-refractivity contribution in [2.24, 2.45) is 0 Å². The van der Waals surface area contributed by atoms with Gasteiger partial charge in [0.15, 0.2) is 11.3 Å². The summed E-state index contributed by atoms with van der Waals surface area (Å²) in [6.07, 6.45) is 0. The first-order chi connectivity index (χ1) is 16.0. The molecule has 0 aliphatic heterocycles. The molecule has 7 nitrogen and oxygen atoms in total. The van der Waals surface area contributed by atoms with Crippen LogP contribution in [0.4, 0.5) is 0 Å². The van der Waals surface area contributed by atoms with Crippen molar-refractivity contribution >= 4 is 39.2 Å². The van der Waals surface area contributed by atoms with Crippen molar-refractivity contribution in [2.45, 2.75) is 6.92 Å². The second-order valence-electron chi connectivity index (χ2n) is 7.06. The Morgan fingerprint density at radius 1 is 0.970 bits per heavy atom. The van der Waals surface area contributed by atoms with Crippen molar-refractivity contribution in [3.8, 4) is 22.6 Å². The molecule has 0 bridgehead atoms. The minimum Gasteiger partial charge on any atom is -0.490 e. The summed E-state index contributed by atoms with van der Waals surface area (Å²) in [6, 6.07) is 16.3. The number of esters is 1. The average Bonchev–Trinajstić information content (AvgIpc) is 3.34. The molecule has 0 amide bonds. The zero-order chi connectivity index (χ0) is 22.9. The number of thiophene rings is 1. The number of fused-ring (bicyclic) bond motifs is 2. The number of carbonyl (C=O) groups excluding carboxylic acids is 1. The first-order valence-corrected chi connectivity index (χ1v) is 10.9. The number of hydrogen-bond acceptors (Lipinski definition) is 8. The van der Waals surface area contributed by atoms with E-state index in [2.05, 4.69) is 0 Å². The summed E-state index contributed by atoms with van der Waals surface area (Å²) in [4.78, 5) is 37.8. The molecule has 0 saturated carbocycles. The largest absolute Gasteiger partial charge is 0.490 e. The molecule has 0 aliphatic rings. The van der Waals surface area contributed by atoms with Crippen LogP contribution in [0.15, 0.2) is 84.5 Å². The maximum atomic E-state index is 12.9. The Morgan fingerprint density at radius 2 is 1.85 bits per heavy atom. The molecule has 5 aromatic rings. The van der Waals surface area contributed by atoms with Crippen molar-refractivity contribution in [1.29, 1.82) is 0 Å². The van der Waals surface area contributed by atoms with Gasteiger partial charge in [-0.2, -0.15) is 0 Å². The lowest BCUT2D eigenvalue weighted by atomic mass is 10.0. The van der Waals surface area contributed by atoms with E-state index >= 15 is 0 Å². The number of para-hydroxylation sites is 1. The van der Waals surface area contributed by atoms with Crippen LogP contribution in [-0.4, -0.2) is 12.6 Å². The second kappa shape index (κ2) is 8.40. The molecule has 8 heteroatoms. The van der Waals surface area contributed by atoms with Crippen LogP contribution in [0.1, 0.15) is 16.6 Å². The highest BCUT2D eigenvalue weighted by molar-refractivity contribution is 7.12. The normalized spacial score (nSPS) is 11.1. The van der Waals surface area contributed by atoms with Gasteiger partial charge >= 0.3 is 17.2 Å². The fourth-order valence-corrected chi connectivity index (χ4v) is 4.15. The van der Waals surface area contributed by atoms with Crippen molar-refractivity contribution < 1.29 is 23.1 Å². The van der Waals surface area contributed by atoms with Gasteiger partial charge in [-0.3, -0.25) is 0 Å². The van der Waals surface area contributed by atoms with Crippen molar-refractivity contribution in [2.75, 3.05) is 6.61 Å². The van der Waals surface area contributed by atoms with Crippen LogP contribution in [0.2, 0.25) is 0 Å². The molecule has 0 fully saturated rings. The fraction of sp³-hybridized carbons (Fsp3) is 0.0800. The van der Waals surface area contributed by atoms with Gasteiger partial charge in [-0.1, -0.05) is 18.2 Å². The molecule has 0 N–H and O–H groups in total.